The molecule has 0 spiro atoms. The number of ether oxygens (including phenoxy) is 3. The van der Waals surface area contributed by atoms with E-state index < -0.39 is 6.10 Å². The van der Waals surface area contributed by atoms with Gasteiger partial charge in [0.25, 0.3) is 5.91 Å². The zero-order valence-corrected chi connectivity index (χ0v) is 12.8. The molecule has 1 atom stereocenters. The zero-order chi connectivity index (χ0) is 15.9. The third kappa shape index (κ3) is 3.91. The van der Waals surface area contributed by atoms with E-state index in [2.05, 4.69) is 5.32 Å². The van der Waals surface area contributed by atoms with Gasteiger partial charge < -0.3 is 19.5 Å². The van der Waals surface area contributed by atoms with E-state index in [4.69, 9.17) is 14.2 Å². The van der Waals surface area contributed by atoms with E-state index in [1.807, 2.05) is 12.1 Å². The van der Waals surface area contributed by atoms with Gasteiger partial charge in [-0.1, -0.05) is 12.1 Å². The number of hydrogen-bond donors (Lipinski definition) is 1. The topological polar surface area (TPSA) is 56.8 Å². The molecule has 0 radical (unpaired) electrons. The largest absolute Gasteiger partial charge is 0.497 e. The predicted molar refractivity (Wildman–Crippen MR) is 84.7 cm³/mol. The fourth-order valence-corrected chi connectivity index (χ4v) is 1.89. The summed E-state index contributed by atoms with van der Waals surface area (Å²) in [5, 5.41) is 2.79. The number of anilines is 1. The summed E-state index contributed by atoms with van der Waals surface area (Å²) in [4.78, 5) is 12.2. The van der Waals surface area contributed by atoms with Crippen LogP contribution in [0.15, 0.2) is 48.5 Å². The van der Waals surface area contributed by atoms with E-state index in [1.165, 1.54) is 0 Å². The van der Waals surface area contributed by atoms with E-state index in [0.29, 0.717) is 17.2 Å². The van der Waals surface area contributed by atoms with E-state index in [1.54, 1.807) is 57.5 Å². The van der Waals surface area contributed by atoms with Gasteiger partial charge in [-0.2, -0.15) is 0 Å². The first kappa shape index (κ1) is 15.7. The van der Waals surface area contributed by atoms with Gasteiger partial charge in [-0.05, 0) is 43.3 Å². The number of methoxy groups -OCH3 is 2. The molecule has 0 heterocycles. The van der Waals surface area contributed by atoms with Crippen molar-refractivity contribution in [1.29, 1.82) is 0 Å². The summed E-state index contributed by atoms with van der Waals surface area (Å²) in [6.07, 6.45) is -0.640. The molecule has 0 aliphatic heterocycles. The minimum atomic E-state index is -0.640. The molecule has 0 aliphatic rings. The molecular formula is C17H19NO4. The fraction of sp³-hybridized carbons (Fsp3) is 0.235. The minimum absolute atomic E-state index is 0.250. The summed E-state index contributed by atoms with van der Waals surface area (Å²) in [6.45, 7) is 1.69. The Labute approximate surface area is 129 Å². The number of carbonyl (C=O) groups is 1. The van der Waals surface area contributed by atoms with Gasteiger partial charge in [-0.25, -0.2) is 0 Å². The molecule has 0 saturated carbocycles. The maximum atomic E-state index is 12.2. The molecule has 22 heavy (non-hydrogen) atoms. The van der Waals surface area contributed by atoms with Crippen LogP contribution in [0.1, 0.15) is 6.92 Å². The van der Waals surface area contributed by atoms with Crippen LogP contribution in [-0.4, -0.2) is 26.2 Å². The smallest absolute Gasteiger partial charge is 0.265 e. The molecule has 0 aliphatic carbocycles. The molecule has 1 N–H and O–H groups in total. The van der Waals surface area contributed by atoms with Crippen LogP contribution in [0.4, 0.5) is 5.69 Å². The Morgan fingerprint density at radius 3 is 2.23 bits per heavy atom. The van der Waals surface area contributed by atoms with Crippen molar-refractivity contribution in [2.24, 2.45) is 0 Å². The lowest BCUT2D eigenvalue weighted by molar-refractivity contribution is -0.122. The normalized spacial score (nSPS) is 11.4. The lowest BCUT2D eigenvalue weighted by atomic mass is 10.2. The van der Waals surface area contributed by atoms with Crippen molar-refractivity contribution in [1.82, 2.24) is 0 Å². The van der Waals surface area contributed by atoms with Gasteiger partial charge >= 0.3 is 0 Å². The summed E-state index contributed by atoms with van der Waals surface area (Å²) in [5.74, 6) is 1.69. The molecule has 0 aromatic heterocycles. The first-order valence-electron chi connectivity index (χ1n) is 6.88. The number of nitrogens with one attached hydrogen (secondary N) is 1. The number of amides is 1. The molecule has 116 valence electrons. The third-order valence-corrected chi connectivity index (χ3v) is 3.11. The molecule has 0 saturated heterocycles. The monoisotopic (exact) mass is 301 g/mol. The van der Waals surface area contributed by atoms with Crippen LogP contribution < -0.4 is 19.5 Å². The first-order chi connectivity index (χ1) is 10.6. The standard InChI is InChI=1S/C17H19NO4/c1-12(22-14-10-8-13(20-2)9-11-14)17(19)18-15-6-4-5-7-16(15)21-3/h4-12H,1-3H3,(H,18,19)/t12-/m1/s1. The molecule has 0 fully saturated rings. The molecule has 1 amide bonds. The van der Waals surface area contributed by atoms with Crippen LogP contribution in [-0.2, 0) is 4.79 Å². The highest BCUT2D eigenvalue weighted by molar-refractivity contribution is 5.95. The Hall–Kier alpha value is -2.69. The van der Waals surface area contributed by atoms with E-state index >= 15 is 0 Å². The number of carbonyl (C=O) groups excluding carboxylic acids is 1. The number of benzene rings is 2. The van der Waals surface area contributed by atoms with E-state index in [-0.39, 0.29) is 5.91 Å². The SMILES string of the molecule is COc1ccc(O[C@H](C)C(=O)Nc2ccccc2OC)cc1. The van der Waals surface area contributed by atoms with Gasteiger partial charge in [0.05, 0.1) is 19.9 Å². The molecule has 2 aromatic carbocycles. The van der Waals surface area contributed by atoms with Gasteiger partial charge in [0.1, 0.15) is 17.2 Å². The van der Waals surface area contributed by atoms with Crippen molar-refractivity contribution in [3.8, 4) is 17.2 Å². The van der Waals surface area contributed by atoms with Gasteiger partial charge in [0.2, 0.25) is 0 Å². The number of para-hydroxylation sites is 2. The Bertz CT molecular complexity index is 625. The number of rotatable bonds is 6. The maximum Gasteiger partial charge on any atom is 0.265 e. The molecule has 0 unspecified atom stereocenters. The van der Waals surface area contributed by atoms with Crippen LogP contribution in [0.2, 0.25) is 0 Å². The quantitative estimate of drug-likeness (QED) is 0.890. The summed E-state index contributed by atoms with van der Waals surface area (Å²) in [5.41, 5.74) is 0.611. The highest BCUT2D eigenvalue weighted by Crippen LogP contribution is 2.24. The second-order valence-corrected chi connectivity index (χ2v) is 4.63. The molecule has 2 aromatic rings. The first-order valence-corrected chi connectivity index (χ1v) is 6.88. The maximum absolute atomic E-state index is 12.2. The Kier molecular flexibility index (Phi) is 5.25. The van der Waals surface area contributed by atoms with Gasteiger partial charge in [-0.15, -0.1) is 0 Å². The van der Waals surface area contributed by atoms with E-state index in [9.17, 15) is 4.79 Å². The van der Waals surface area contributed by atoms with Gasteiger partial charge in [0.15, 0.2) is 6.10 Å². The molecule has 2 rings (SSSR count). The van der Waals surface area contributed by atoms with Crippen molar-refractivity contribution in [2.75, 3.05) is 19.5 Å². The minimum Gasteiger partial charge on any atom is -0.497 e. The second-order valence-electron chi connectivity index (χ2n) is 4.63. The molecular weight excluding hydrogens is 282 g/mol. The van der Waals surface area contributed by atoms with E-state index in [0.717, 1.165) is 5.75 Å². The van der Waals surface area contributed by atoms with Crippen LogP contribution in [0.3, 0.4) is 0 Å². The lowest BCUT2D eigenvalue weighted by Crippen LogP contribution is -2.30. The predicted octanol–water partition coefficient (Wildman–Crippen LogP) is 3.11. The van der Waals surface area contributed by atoms with Crippen LogP contribution >= 0.6 is 0 Å². The van der Waals surface area contributed by atoms with Crippen molar-refractivity contribution < 1.29 is 19.0 Å². The van der Waals surface area contributed by atoms with Crippen molar-refractivity contribution in [3.63, 3.8) is 0 Å². The van der Waals surface area contributed by atoms with Crippen molar-refractivity contribution in [3.05, 3.63) is 48.5 Å². The molecule has 5 heteroatoms. The average Bonchev–Trinajstić information content (AvgIpc) is 2.56. The molecule has 0 bridgehead atoms. The summed E-state index contributed by atoms with van der Waals surface area (Å²) >= 11 is 0. The zero-order valence-electron chi connectivity index (χ0n) is 12.8. The molecule has 5 nitrogen and oxygen atoms in total. The summed E-state index contributed by atoms with van der Waals surface area (Å²) < 4.78 is 15.9. The Balaban J connectivity index is 1.99. The Morgan fingerprint density at radius 2 is 1.59 bits per heavy atom. The fourth-order valence-electron chi connectivity index (χ4n) is 1.89. The van der Waals surface area contributed by atoms with Crippen LogP contribution in [0, 0.1) is 0 Å². The number of hydrogen-bond acceptors (Lipinski definition) is 4. The Morgan fingerprint density at radius 1 is 0.955 bits per heavy atom. The third-order valence-electron chi connectivity index (χ3n) is 3.11. The average molecular weight is 301 g/mol. The summed E-state index contributed by atoms with van der Waals surface area (Å²) in [7, 11) is 3.15. The van der Waals surface area contributed by atoms with Gasteiger partial charge in [-0.3, -0.25) is 4.79 Å². The van der Waals surface area contributed by atoms with Crippen molar-refractivity contribution in [2.45, 2.75) is 13.0 Å². The lowest BCUT2D eigenvalue weighted by Gasteiger charge is -2.16. The summed E-state index contributed by atoms with van der Waals surface area (Å²) in [6, 6.07) is 14.3. The van der Waals surface area contributed by atoms with Crippen LogP contribution in [0.25, 0.3) is 0 Å². The highest BCUT2D eigenvalue weighted by Gasteiger charge is 2.16. The second kappa shape index (κ2) is 7.36. The van der Waals surface area contributed by atoms with Crippen LogP contribution in [0.5, 0.6) is 17.2 Å². The van der Waals surface area contributed by atoms with Gasteiger partial charge in [0, 0.05) is 0 Å². The highest BCUT2D eigenvalue weighted by atomic mass is 16.5. The van der Waals surface area contributed by atoms with Crippen molar-refractivity contribution >= 4 is 11.6 Å².